The van der Waals surface area contributed by atoms with E-state index >= 15 is 0 Å². The summed E-state index contributed by atoms with van der Waals surface area (Å²) in [5.41, 5.74) is 1.62. The van der Waals surface area contributed by atoms with Crippen molar-refractivity contribution in [2.24, 2.45) is 0 Å². The first kappa shape index (κ1) is 13.5. The Bertz CT molecular complexity index is 579. The lowest BCUT2D eigenvalue weighted by atomic mass is 10.1. The predicted octanol–water partition coefficient (Wildman–Crippen LogP) is 4.58. The third-order valence-electron chi connectivity index (χ3n) is 2.43. The number of ether oxygens (including phenoxy) is 1. The van der Waals surface area contributed by atoms with E-state index in [-0.39, 0.29) is 5.97 Å². The van der Waals surface area contributed by atoms with Crippen LogP contribution in [0.2, 0.25) is 0 Å². The molecule has 0 aromatic heterocycles. The molecule has 2 rings (SSSR count). The zero-order valence-electron chi connectivity index (χ0n) is 9.61. The van der Waals surface area contributed by atoms with Gasteiger partial charge in [0.2, 0.25) is 0 Å². The van der Waals surface area contributed by atoms with Gasteiger partial charge in [0.25, 0.3) is 0 Å². The second kappa shape index (κ2) is 5.84. The van der Waals surface area contributed by atoms with E-state index in [9.17, 15) is 4.79 Å². The van der Waals surface area contributed by atoms with Crippen molar-refractivity contribution in [3.05, 3.63) is 61.6 Å². The van der Waals surface area contributed by atoms with Gasteiger partial charge in [0.1, 0.15) is 5.75 Å². The lowest BCUT2D eigenvalue weighted by molar-refractivity contribution is 0.0734. The van der Waals surface area contributed by atoms with Crippen LogP contribution in [0.5, 0.6) is 5.75 Å². The molecule has 92 valence electrons. The fourth-order valence-electron chi connectivity index (χ4n) is 1.39. The molecule has 2 aromatic rings. The average molecular weight is 417 g/mol. The number of benzene rings is 2. The van der Waals surface area contributed by atoms with E-state index in [1.165, 1.54) is 0 Å². The Morgan fingerprint density at radius 1 is 1.17 bits per heavy atom. The SMILES string of the molecule is Cc1ccc(C(=O)Oc2ccc(I)cc2)cc1Br. The number of esters is 1. The molecule has 0 fully saturated rings. The lowest BCUT2D eigenvalue weighted by Gasteiger charge is -2.05. The number of halogens is 2. The highest BCUT2D eigenvalue weighted by Gasteiger charge is 2.09. The lowest BCUT2D eigenvalue weighted by Crippen LogP contribution is -2.08. The van der Waals surface area contributed by atoms with Crippen LogP contribution < -0.4 is 4.74 Å². The highest BCUT2D eigenvalue weighted by atomic mass is 127. The van der Waals surface area contributed by atoms with E-state index in [0.29, 0.717) is 11.3 Å². The first-order valence-electron chi connectivity index (χ1n) is 5.30. The molecule has 0 N–H and O–H groups in total. The van der Waals surface area contributed by atoms with E-state index in [4.69, 9.17) is 4.74 Å². The second-order valence-electron chi connectivity index (χ2n) is 3.81. The first-order chi connectivity index (χ1) is 8.56. The quantitative estimate of drug-likeness (QED) is 0.407. The van der Waals surface area contributed by atoms with Gasteiger partial charge in [0.15, 0.2) is 0 Å². The maximum absolute atomic E-state index is 11.9. The Kier molecular flexibility index (Phi) is 4.40. The molecule has 0 saturated carbocycles. The Morgan fingerprint density at radius 2 is 1.83 bits per heavy atom. The molecule has 4 heteroatoms. The van der Waals surface area contributed by atoms with Crippen molar-refractivity contribution in [2.75, 3.05) is 0 Å². The number of hydrogen-bond acceptors (Lipinski definition) is 2. The van der Waals surface area contributed by atoms with Crippen molar-refractivity contribution in [1.29, 1.82) is 0 Å². The van der Waals surface area contributed by atoms with Crippen LogP contribution >= 0.6 is 38.5 Å². The predicted molar refractivity (Wildman–Crippen MR) is 83.0 cm³/mol. The van der Waals surface area contributed by atoms with Gasteiger partial charge in [0.05, 0.1) is 5.56 Å². The van der Waals surface area contributed by atoms with E-state index < -0.39 is 0 Å². The maximum Gasteiger partial charge on any atom is 0.343 e. The molecule has 18 heavy (non-hydrogen) atoms. The highest BCUT2D eigenvalue weighted by Crippen LogP contribution is 2.20. The monoisotopic (exact) mass is 416 g/mol. The summed E-state index contributed by atoms with van der Waals surface area (Å²) < 4.78 is 7.29. The zero-order valence-corrected chi connectivity index (χ0v) is 13.4. The van der Waals surface area contributed by atoms with Gasteiger partial charge in [-0.2, -0.15) is 0 Å². The number of hydrogen-bond donors (Lipinski definition) is 0. The van der Waals surface area contributed by atoms with E-state index in [0.717, 1.165) is 13.6 Å². The molecule has 2 nitrogen and oxygen atoms in total. The Morgan fingerprint density at radius 3 is 2.44 bits per heavy atom. The molecule has 0 bridgehead atoms. The largest absolute Gasteiger partial charge is 0.423 e. The van der Waals surface area contributed by atoms with Crippen LogP contribution in [0.15, 0.2) is 46.9 Å². The van der Waals surface area contributed by atoms with Gasteiger partial charge in [-0.1, -0.05) is 22.0 Å². The van der Waals surface area contributed by atoms with Gasteiger partial charge in [-0.3, -0.25) is 0 Å². The minimum absolute atomic E-state index is 0.350. The molecule has 0 aliphatic carbocycles. The third kappa shape index (κ3) is 3.32. The molecular formula is C14H10BrIO2. The summed E-state index contributed by atoms with van der Waals surface area (Å²) in [4.78, 5) is 11.9. The second-order valence-corrected chi connectivity index (χ2v) is 5.91. The summed E-state index contributed by atoms with van der Waals surface area (Å²) in [5, 5.41) is 0. The maximum atomic E-state index is 11.9. The third-order valence-corrected chi connectivity index (χ3v) is 4.01. The summed E-state index contributed by atoms with van der Waals surface area (Å²) >= 11 is 5.60. The minimum Gasteiger partial charge on any atom is -0.423 e. The van der Waals surface area contributed by atoms with Gasteiger partial charge < -0.3 is 4.74 Å². The van der Waals surface area contributed by atoms with E-state index in [1.807, 2.05) is 25.1 Å². The molecule has 0 radical (unpaired) electrons. The zero-order chi connectivity index (χ0) is 13.1. The molecule has 0 heterocycles. The fourth-order valence-corrected chi connectivity index (χ4v) is 2.13. The molecule has 0 atom stereocenters. The molecule has 2 aromatic carbocycles. The van der Waals surface area contributed by atoms with Gasteiger partial charge in [0, 0.05) is 8.04 Å². The van der Waals surface area contributed by atoms with Gasteiger partial charge in [-0.25, -0.2) is 4.79 Å². The van der Waals surface area contributed by atoms with Crippen LogP contribution in [0.25, 0.3) is 0 Å². The summed E-state index contributed by atoms with van der Waals surface area (Å²) in [5.74, 6) is 0.203. The summed E-state index contributed by atoms with van der Waals surface area (Å²) in [6.45, 7) is 1.97. The molecule has 0 aliphatic heterocycles. The van der Waals surface area contributed by atoms with E-state index in [2.05, 4.69) is 38.5 Å². The molecule has 0 unspecified atom stereocenters. The Balaban J connectivity index is 2.16. The molecule has 0 amide bonds. The highest BCUT2D eigenvalue weighted by molar-refractivity contribution is 14.1. The van der Waals surface area contributed by atoms with Crippen molar-refractivity contribution in [3.63, 3.8) is 0 Å². The van der Waals surface area contributed by atoms with Gasteiger partial charge in [-0.05, 0) is 71.5 Å². The normalized spacial score (nSPS) is 10.2. The summed E-state index contributed by atoms with van der Waals surface area (Å²) in [6.07, 6.45) is 0. The van der Waals surface area contributed by atoms with E-state index in [1.54, 1.807) is 24.3 Å². The Labute approximate surface area is 128 Å². The van der Waals surface area contributed by atoms with Gasteiger partial charge in [-0.15, -0.1) is 0 Å². The van der Waals surface area contributed by atoms with Crippen LogP contribution in [0.1, 0.15) is 15.9 Å². The molecular weight excluding hydrogens is 407 g/mol. The number of aryl methyl sites for hydroxylation is 1. The number of carbonyl (C=O) groups is 1. The molecule has 0 spiro atoms. The van der Waals surface area contributed by atoms with Crippen LogP contribution in [0.4, 0.5) is 0 Å². The summed E-state index contributed by atoms with van der Waals surface area (Å²) in [7, 11) is 0. The fraction of sp³-hybridized carbons (Fsp3) is 0.0714. The Hall–Kier alpha value is -0.880. The standard InChI is InChI=1S/C14H10BrIO2/c1-9-2-3-10(8-13(9)15)14(17)18-12-6-4-11(16)5-7-12/h2-8H,1H3. The topological polar surface area (TPSA) is 26.3 Å². The van der Waals surface area contributed by atoms with Crippen LogP contribution in [-0.2, 0) is 0 Å². The van der Waals surface area contributed by atoms with Gasteiger partial charge >= 0.3 is 5.97 Å². The first-order valence-corrected chi connectivity index (χ1v) is 7.17. The molecule has 0 aliphatic rings. The van der Waals surface area contributed by atoms with Crippen molar-refractivity contribution < 1.29 is 9.53 Å². The van der Waals surface area contributed by atoms with Crippen molar-refractivity contribution in [1.82, 2.24) is 0 Å². The number of rotatable bonds is 2. The van der Waals surface area contributed by atoms with Crippen LogP contribution in [0, 0.1) is 10.5 Å². The van der Waals surface area contributed by atoms with Crippen molar-refractivity contribution in [2.45, 2.75) is 6.92 Å². The van der Waals surface area contributed by atoms with Crippen molar-refractivity contribution in [3.8, 4) is 5.75 Å². The smallest absolute Gasteiger partial charge is 0.343 e. The number of carbonyl (C=O) groups excluding carboxylic acids is 1. The summed E-state index contributed by atoms with van der Waals surface area (Å²) in [6, 6.07) is 12.8. The van der Waals surface area contributed by atoms with Crippen molar-refractivity contribution >= 4 is 44.5 Å². The average Bonchev–Trinajstić information content (AvgIpc) is 2.35. The van der Waals surface area contributed by atoms with Crippen LogP contribution in [-0.4, -0.2) is 5.97 Å². The minimum atomic E-state index is -0.350. The molecule has 0 saturated heterocycles. The van der Waals surface area contributed by atoms with Crippen LogP contribution in [0.3, 0.4) is 0 Å².